The largest absolute Gasteiger partial charge is 0.490 e. The van der Waals surface area contributed by atoms with Gasteiger partial charge in [-0.25, -0.2) is 9.59 Å². The Labute approximate surface area is 196 Å². The van der Waals surface area contributed by atoms with Crippen LogP contribution in [-0.4, -0.2) is 42.9 Å². The van der Waals surface area contributed by atoms with E-state index in [0.29, 0.717) is 6.54 Å². The fourth-order valence-electron chi connectivity index (χ4n) is 3.94. The Balaban J connectivity index is 0.000000364. The Hall–Kier alpha value is -4.25. The summed E-state index contributed by atoms with van der Waals surface area (Å²) >= 11 is 0. The molecular formula is C24H22F3N5O3. The lowest BCUT2D eigenvalue weighted by molar-refractivity contribution is -0.192. The second-order valence-corrected chi connectivity index (χ2v) is 7.73. The summed E-state index contributed by atoms with van der Waals surface area (Å²) in [6.45, 7) is 1.49. The van der Waals surface area contributed by atoms with Crippen LogP contribution in [0.25, 0.3) is 38.8 Å². The van der Waals surface area contributed by atoms with Crippen LogP contribution >= 0.6 is 0 Å². The van der Waals surface area contributed by atoms with Gasteiger partial charge in [-0.1, -0.05) is 36.4 Å². The lowest BCUT2D eigenvalue weighted by Gasteiger charge is -2.05. The van der Waals surface area contributed by atoms with E-state index in [1.165, 1.54) is 0 Å². The maximum atomic E-state index is 12.7. The van der Waals surface area contributed by atoms with E-state index < -0.39 is 12.1 Å². The fraction of sp³-hybridized carbons (Fsp3) is 0.167. The predicted octanol–water partition coefficient (Wildman–Crippen LogP) is 4.25. The lowest BCUT2D eigenvalue weighted by atomic mass is 10.1. The van der Waals surface area contributed by atoms with Gasteiger partial charge in [0.1, 0.15) is 0 Å². The summed E-state index contributed by atoms with van der Waals surface area (Å²) in [5.74, 6) is -2.76. The highest BCUT2D eigenvalue weighted by Crippen LogP contribution is 2.32. The van der Waals surface area contributed by atoms with Crippen molar-refractivity contribution in [1.29, 1.82) is 0 Å². The number of hydrogen-bond acceptors (Lipinski definition) is 3. The van der Waals surface area contributed by atoms with Gasteiger partial charge < -0.3 is 25.4 Å². The SMILES string of the molecule is NCCCn1cc(-c2c[nH]c(=O)n2-c2c[nH]c3ccccc23)c2ccccc21.O=C(O)C(F)(F)F. The molecule has 0 radical (unpaired) electrons. The molecule has 8 nitrogen and oxygen atoms in total. The van der Waals surface area contributed by atoms with Crippen molar-refractivity contribution in [2.45, 2.75) is 19.1 Å². The highest BCUT2D eigenvalue weighted by atomic mass is 19.4. The molecule has 0 saturated heterocycles. The van der Waals surface area contributed by atoms with Crippen molar-refractivity contribution in [3.8, 4) is 16.9 Å². The zero-order chi connectivity index (χ0) is 25.2. The third-order valence-electron chi connectivity index (χ3n) is 5.49. The maximum Gasteiger partial charge on any atom is 0.490 e. The van der Waals surface area contributed by atoms with Crippen LogP contribution in [0.4, 0.5) is 13.2 Å². The number of alkyl halides is 3. The third kappa shape index (κ3) is 4.71. The Morgan fingerprint density at radius 2 is 1.66 bits per heavy atom. The number of rotatable bonds is 5. The molecule has 0 aliphatic heterocycles. The zero-order valence-electron chi connectivity index (χ0n) is 18.3. The van der Waals surface area contributed by atoms with Crippen molar-refractivity contribution < 1.29 is 23.1 Å². The molecule has 0 amide bonds. The van der Waals surface area contributed by atoms with Crippen LogP contribution in [0.1, 0.15) is 6.42 Å². The highest BCUT2D eigenvalue weighted by Gasteiger charge is 2.38. The molecule has 11 heteroatoms. The van der Waals surface area contributed by atoms with E-state index in [-0.39, 0.29) is 5.69 Å². The number of para-hydroxylation sites is 2. The lowest BCUT2D eigenvalue weighted by Crippen LogP contribution is -2.21. The number of nitrogens with one attached hydrogen (secondary N) is 2. The van der Waals surface area contributed by atoms with Crippen molar-refractivity contribution in [3.63, 3.8) is 0 Å². The van der Waals surface area contributed by atoms with Crippen molar-refractivity contribution in [2.75, 3.05) is 6.54 Å². The number of nitrogens with zero attached hydrogens (tertiary/aromatic N) is 2. The molecular weight excluding hydrogens is 463 g/mol. The van der Waals surface area contributed by atoms with Gasteiger partial charge in [0.05, 0.1) is 11.4 Å². The van der Waals surface area contributed by atoms with Crippen LogP contribution in [0.5, 0.6) is 0 Å². The molecule has 0 fully saturated rings. The van der Waals surface area contributed by atoms with Gasteiger partial charge in [0.25, 0.3) is 0 Å². The second-order valence-electron chi connectivity index (χ2n) is 7.73. The van der Waals surface area contributed by atoms with Crippen molar-refractivity contribution in [1.82, 2.24) is 19.1 Å². The predicted molar refractivity (Wildman–Crippen MR) is 127 cm³/mol. The number of aryl methyl sites for hydroxylation is 1. The van der Waals surface area contributed by atoms with Crippen LogP contribution in [0.15, 0.2) is 71.9 Å². The molecule has 0 atom stereocenters. The number of carboxylic acid groups (broad SMARTS) is 1. The number of carboxylic acids is 1. The molecule has 5 aromatic rings. The Morgan fingerprint density at radius 1 is 1.00 bits per heavy atom. The summed E-state index contributed by atoms with van der Waals surface area (Å²) in [5.41, 5.74) is 10.4. The highest BCUT2D eigenvalue weighted by molar-refractivity contribution is 5.96. The van der Waals surface area contributed by atoms with E-state index in [2.05, 4.69) is 32.9 Å². The smallest absolute Gasteiger partial charge is 0.475 e. The first-order valence-corrected chi connectivity index (χ1v) is 10.7. The summed E-state index contributed by atoms with van der Waals surface area (Å²) in [4.78, 5) is 27.8. The molecule has 3 aromatic heterocycles. The van der Waals surface area contributed by atoms with Gasteiger partial charge in [-0.05, 0) is 25.1 Å². The summed E-state index contributed by atoms with van der Waals surface area (Å²) in [5, 5.41) is 9.25. The number of benzene rings is 2. The average molecular weight is 485 g/mol. The zero-order valence-corrected chi connectivity index (χ0v) is 18.3. The number of fused-ring (bicyclic) bond motifs is 2. The van der Waals surface area contributed by atoms with E-state index in [1.54, 1.807) is 10.8 Å². The minimum atomic E-state index is -5.08. The molecule has 182 valence electrons. The molecule has 0 bridgehead atoms. The second kappa shape index (κ2) is 9.55. The summed E-state index contributed by atoms with van der Waals surface area (Å²) in [6.07, 6.45) is 1.62. The van der Waals surface area contributed by atoms with Crippen LogP contribution in [0, 0.1) is 0 Å². The number of carbonyl (C=O) groups is 1. The Bertz CT molecular complexity index is 1540. The number of hydrogen-bond donors (Lipinski definition) is 4. The van der Waals surface area contributed by atoms with Crippen molar-refractivity contribution >= 4 is 27.8 Å². The molecule has 35 heavy (non-hydrogen) atoms. The molecule has 0 unspecified atom stereocenters. The van der Waals surface area contributed by atoms with Gasteiger partial charge in [-0.2, -0.15) is 13.2 Å². The van der Waals surface area contributed by atoms with E-state index >= 15 is 0 Å². The van der Waals surface area contributed by atoms with Gasteiger partial charge in [0, 0.05) is 52.5 Å². The molecule has 0 saturated carbocycles. The summed E-state index contributed by atoms with van der Waals surface area (Å²) in [6, 6.07) is 16.3. The van der Waals surface area contributed by atoms with E-state index in [1.807, 2.05) is 42.6 Å². The van der Waals surface area contributed by atoms with Gasteiger partial charge in [-0.15, -0.1) is 0 Å². The van der Waals surface area contributed by atoms with Crippen LogP contribution in [0.3, 0.4) is 0 Å². The van der Waals surface area contributed by atoms with Crippen LogP contribution in [0.2, 0.25) is 0 Å². The molecule has 3 heterocycles. The Morgan fingerprint density at radius 3 is 2.34 bits per heavy atom. The first kappa shape index (κ1) is 23.9. The number of nitrogens with two attached hydrogens (primary N) is 1. The molecule has 0 aliphatic rings. The van der Waals surface area contributed by atoms with Gasteiger partial charge >= 0.3 is 17.8 Å². The first-order chi connectivity index (χ1) is 16.7. The molecule has 2 aromatic carbocycles. The minimum absolute atomic E-state index is 0.154. The third-order valence-corrected chi connectivity index (χ3v) is 5.49. The van der Waals surface area contributed by atoms with Gasteiger partial charge in [0.2, 0.25) is 0 Å². The topological polar surface area (TPSA) is 122 Å². The fourth-order valence-corrected chi connectivity index (χ4v) is 3.94. The molecule has 0 aliphatic carbocycles. The first-order valence-electron chi connectivity index (χ1n) is 10.7. The van der Waals surface area contributed by atoms with E-state index in [0.717, 1.165) is 51.7 Å². The van der Waals surface area contributed by atoms with Crippen molar-refractivity contribution in [3.05, 3.63) is 77.6 Å². The molecule has 5 N–H and O–H groups in total. The monoisotopic (exact) mass is 485 g/mol. The van der Waals surface area contributed by atoms with E-state index in [4.69, 9.17) is 15.6 Å². The summed E-state index contributed by atoms with van der Waals surface area (Å²) < 4.78 is 35.7. The maximum absolute atomic E-state index is 12.7. The number of aromatic amines is 2. The van der Waals surface area contributed by atoms with Gasteiger partial charge in [0.15, 0.2) is 0 Å². The minimum Gasteiger partial charge on any atom is -0.475 e. The molecule has 0 spiro atoms. The van der Waals surface area contributed by atoms with E-state index in [9.17, 15) is 18.0 Å². The number of halogens is 3. The Kier molecular flexibility index (Phi) is 6.52. The van der Waals surface area contributed by atoms with Crippen molar-refractivity contribution in [2.24, 2.45) is 5.73 Å². The van der Waals surface area contributed by atoms with Gasteiger partial charge in [-0.3, -0.25) is 4.57 Å². The number of aromatic nitrogens is 4. The normalized spacial score (nSPS) is 11.5. The quantitative estimate of drug-likeness (QED) is 0.297. The molecule has 5 rings (SSSR count). The number of imidazole rings is 1. The van der Waals surface area contributed by atoms with Crippen LogP contribution in [-0.2, 0) is 11.3 Å². The average Bonchev–Trinajstić information content (AvgIpc) is 3.52. The number of H-pyrrole nitrogens is 2. The summed E-state index contributed by atoms with van der Waals surface area (Å²) in [7, 11) is 0. The van der Waals surface area contributed by atoms with Crippen LogP contribution < -0.4 is 11.4 Å². The number of aliphatic carboxylic acids is 1. The standard InChI is InChI=1S/C22H21N5O.C2HF3O2/c23-10-5-11-26-14-17(15-6-2-4-9-19(15)26)21-13-25-22(28)27(21)20-12-24-18-8-3-1-7-16(18)20;3-2(4,5)1(6)7/h1-4,6-9,12-14,24H,5,10-11,23H2,(H,25,28);(H,6,7).